The predicted octanol–water partition coefficient (Wildman–Crippen LogP) is 19.3. The topological polar surface area (TPSA) is 24.9 Å². The average molecular weight is 913 g/mol. The first kappa shape index (κ1) is 51.9. The molecule has 0 heterocycles. The molecule has 68 heavy (non-hydrogen) atoms. The Labute approximate surface area is 413 Å². The van der Waals surface area contributed by atoms with E-state index in [0.717, 1.165) is 48.0 Å². The third kappa shape index (κ3) is 14.3. The molecule has 0 aliphatic carbocycles. The van der Waals surface area contributed by atoms with E-state index in [1.807, 2.05) is 0 Å². The average Bonchev–Trinajstić information content (AvgIpc) is 3.33. The van der Waals surface area contributed by atoms with Gasteiger partial charge >= 0.3 is 0 Å². The maximum atomic E-state index is 6.38. The number of hydrogen-bond acceptors (Lipinski definition) is 4. The molecule has 1 atom stereocenters. The van der Waals surface area contributed by atoms with Gasteiger partial charge in [0.25, 0.3) is 0 Å². The van der Waals surface area contributed by atoms with E-state index < -0.39 is 0 Å². The van der Waals surface area contributed by atoms with E-state index in [2.05, 4.69) is 238 Å². The molecule has 0 radical (unpaired) electrons. The van der Waals surface area contributed by atoms with Gasteiger partial charge in [0.2, 0.25) is 0 Å². The summed E-state index contributed by atoms with van der Waals surface area (Å²) in [6, 6.07) is 53.8. The minimum absolute atomic E-state index is 0.0906. The van der Waals surface area contributed by atoms with Crippen LogP contribution < -0.4 is 19.3 Å². The summed E-state index contributed by atoms with van der Waals surface area (Å²) in [7, 11) is 0. The number of ether oxygens (including phenoxy) is 2. The van der Waals surface area contributed by atoms with E-state index >= 15 is 0 Å². The van der Waals surface area contributed by atoms with Crippen molar-refractivity contribution in [3.8, 4) is 11.5 Å². The Morgan fingerprint density at radius 3 is 1.09 bits per heavy atom. The highest BCUT2D eigenvalue weighted by molar-refractivity contribution is 5.78. The second-order valence-electron chi connectivity index (χ2n) is 21.8. The van der Waals surface area contributed by atoms with Gasteiger partial charge in [-0.3, -0.25) is 0 Å². The van der Waals surface area contributed by atoms with E-state index in [1.165, 1.54) is 77.8 Å². The molecule has 0 bridgehead atoms. The molecule has 0 aliphatic heterocycles. The Hall–Kier alpha value is -5.48. The van der Waals surface area contributed by atoms with E-state index in [9.17, 15) is 0 Å². The lowest BCUT2D eigenvalue weighted by Crippen LogP contribution is -2.18. The van der Waals surface area contributed by atoms with E-state index in [4.69, 9.17) is 9.47 Å². The zero-order chi connectivity index (χ0) is 48.8. The number of nitrogens with zero attached hydrogens (tertiary/aromatic N) is 2. The van der Waals surface area contributed by atoms with Crippen LogP contribution in [0, 0.1) is 11.8 Å². The van der Waals surface area contributed by atoms with Crippen LogP contribution in [0.1, 0.15) is 169 Å². The van der Waals surface area contributed by atoms with Crippen LogP contribution in [0.3, 0.4) is 0 Å². The number of hydrogen-bond donors (Lipinski definition) is 0. The minimum atomic E-state index is 0.0906. The third-order valence-electron chi connectivity index (χ3n) is 13.9. The van der Waals surface area contributed by atoms with Gasteiger partial charge in [-0.25, -0.2) is 0 Å². The van der Waals surface area contributed by atoms with Gasteiger partial charge in [0.05, 0.1) is 13.2 Å². The molecule has 0 fully saturated rings. The summed E-state index contributed by atoms with van der Waals surface area (Å²) in [5.74, 6) is 3.75. The number of unbranched alkanes of at least 4 members (excludes halogenated alkanes) is 3. The Kier molecular flexibility index (Phi) is 18.5. The second kappa shape index (κ2) is 24.2. The SMILES string of the molecule is CCCCC(C)(C)c1ccc(N(c2ccc(C(C)C)cc2)c2ccc(C(C)(C)CCCCCC(C)COc3ccc(N(c4ccc(OCC(C)C)cc4)c4ccc(C(C)C)cc4)cc3)cc2)cc1. The molecule has 0 spiro atoms. The maximum absolute atomic E-state index is 6.38. The maximum Gasteiger partial charge on any atom is 0.119 e. The first-order chi connectivity index (χ1) is 32.5. The van der Waals surface area contributed by atoms with Gasteiger partial charge in [0.15, 0.2) is 0 Å². The quantitative estimate of drug-likeness (QED) is 0.0534. The number of anilines is 6. The summed E-state index contributed by atoms with van der Waals surface area (Å²) in [6.45, 7) is 28.9. The molecule has 0 N–H and O–H groups in total. The molecule has 1 unspecified atom stereocenters. The smallest absolute Gasteiger partial charge is 0.119 e. The molecular formula is C64H84N2O2. The van der Waals surface area contributed by atoms with Crippen LogP contribution in [0.4, 0.5) is 34.1 Å². The second-order valence-corrected chi connectivity index (χ2v) is 21.8. The first-order valence-electron chi connectivity index (χ1n) is 26.0. The Bertz CT molecular complexity index is 2380. The van der Waals surface area contributed by atoms with Gasteiger partial charge in [-0.15, -0.1) is 0 Å². The van der Waals surface area contributed by atoms with Crippen LogP contribution in [0.25, 0.3) is 0 Å². The highest BCUT2D eigenvalue weighted by Crippen LogP contribution is 2.40. The van der Waals surface area contributed by atoms with Crippen LogP contribution in [0.5, 0.6) is 11.5 Å². The summed E-state index contributed by atoms with van der Waals surface area (Å²) >= 11 is 0. The lowest BCUT2D eigenvalue weighted by molar-refractivity contribution is 0.248. The fraction of sp³-hybridized carbons (Fsp3) is 0.438. The van der Waals surface area contributed by atoms with E-state index in [-0.39, 0.29) is 10.8 Å². The van der Waals surface area contributed by atoms with Crippen molar-refractivity contribution in [1.82, 2.24) is 0 Å². The van der Waals surface area contributed by atoms with E-state index in [1.54, 1.807) is 0 Å². The molecule has 0 aromatic heterocycles. The van der Waals surface area contributed by atoms with Crippen molar-refractivity contribution in [1.29, 1.82) is 0 Å². The van der Waals surface area contributed by atoms with Gasteiger partial charge < -0.3 is 19.3 Å². The number of rotatable bonds is 25. The largest absolute Gasteiger partial charge is 0.493 e. The van der Waals surface area contributed by atoms with Crippen molar-refractivity contribution in [2.45, 2.75) is 157 Å². The fourth-order valence-corrected chi connectivity index (χ4v) is 9.15. The third-order valence-corrected chi connectivity index (χ3v) is 13.9. The normalized spacial score (nSPS) is 12.5. The van der Waals surface area contributed by atoms with Crippen LogP contribution in [-0.4, -0.2) is 13.2 Å². The standard InChI is InChI=1S/C64H84N2O2/c1-13-14-43-63(9,10)53-23-31-57(32-24-53)65(55-27-19-51(20-28-55)48(4)5)58-33-25-54(26-34-58)64(11,12)44-17-15-16-18-50(8)46-68-62-41-37-60(38-42-62)66(56-29-21-52(22-30-56)49(6)7)59-35-39-61(40-36-59)67-45-47(2)3/h19-42,47-50H,13-18,43-46H2,1-12H3. The van der Waals surface area contributed by atoms with Gasteiger partial charge in [-0.2, -0.15) is 0 Å². The highest BCUT2D eigenvalue weighted by atomic mass is 16.5. The van der Waals surface area contributed by atoms with Crippen molar-refractivity contribution in [2.75, 3.05) is 23.0 Å². The molecule has 0 saturated heterocycles. The van der Waals surface area contributed by atoms with Gasteiger partial charge in [-0.05, 0) is 173 Å². The van der Waals surface area contributed by atoms with E-state index in [0.29, 0.717) is 30.3 Å². The summed E-state index contributed by atoms with van der Waals surface area (Å²) in [5.41, 5.74) is 12.6. The Morgan fingerprint density at radius 1 is 0.397 bits per heavy atom. The number of benzene rings is 6. The van der Waals surface area contributed by atoms with Crippen LogP contribution in [0.2, 0.25) is 0 Å². The molecule has 6 aromatic rings. The van der Waals surface area contributed by atoms with Crippen molar-refractivity contribution in [3.63, 3.8) is 0 Å². The molecule has 362 valence electrons. The lowest BCUT2D eigenvalue weighted by atomic mass is 9.79. The zero-order valence-electron chi connectivity index (χ0n) is 43.9. The summed E-state index contributed by atoms with van der Waals surface area (Å²) < 4.78 is 12.4. The van der Waals surface area contributed by atoms with Gasteiger partial charge in [-0.1, -0.05) is 164 Å². The van der Waals surface area contributed by atoms with Crippen LogP contribution in [0.15, 0.2) is 146 Å². The monoisotopic (exact) mass is 913 g/mol. The molecule has 4 nitrogen and oxygen atoms in total. The first-order valence-corrected chi connectivity index (χ1v) is 26.0. The van der Waals surface area contributed by atoms with Gasteiger partial charge in [0.1, 0.15) is 11.5 Å². The predicted molar refractivity (Wildman–Crippen MR) is 294 cm³/mol. The Morgan fingerprint density at radius 2 is 0.735 bits per heavy atom. The molecule has 0 amide bonds. The molecule has 0 saturated carbocycles. The Balaban J connectivity index is 1.02. The fourth-order valence-electron chi connectivity index (χ4n) is 9.15. The zero-order valence-corrected chi connectivity index (χ0v) is 43.9. The summed E-state index contributed by atoms with van der Waals surface area (Å²) in [4.78, 5) is 4.72. The van der Waals surface area contributed by atoms with Crippen molar-refractivity contribution < 1.29 is 9.47 Å². The lowest BCUT2D eigenvalue weighted by Gasteiger charge is -2.30. The van der Waals surface area contributed by atoms with Crippen LogP contribution in [-0.2, 0) is 10.8 Å². The molecule has 6 rings (SSSR count). The highest BCUT2D eigenvalue weighted by Gasteiger charge is 2.23. The molecule has 4 heteroatoms. The van der Waals surface area contributed by atoms with Crippen molar-refractivity contribution in [3.05, 3.63) is 168 Å². The van der Waals surface area contributed by atoms with Gasteiger partial charge in [0, 0.05) is 34.1 Å². The van der Waals surface area contributed by atoms with Crippen molar-refractivity contribution >= 4 is 34.1 Å². The molecule has 0 aliphatic rings. The molecular weight excluding hydrogens is 829 g/mol. The van der Waals surface area contributed by atoms with Crippen LogP contribution >= 0.6 is 0 Å². The molecule has 6 aromatic carbocycles. The summed E-state index contributed by atoms with van der Waals surface area (Å²) in [5, 5.41) is 0. The van der Waals surface area contributed by atoms with Crippen molar-refractivity contribution in [2.24, 2.45) is 11.8 Å². The minimum Gasteiger partial charge on any atom is -0.493 e. The summed E-state index contributed by atoms with van der Waals surface area (Å²) in [6.07, 6.45) is 9.65.